The summed E-state index contributed by atoms with van der Waals surface area (Å²) in [6.45, 7) is 10.4. The van der Waals surface area contributed by atoms with Crippen LogP contribution < -0.4 is 10.1 Å². The van der Waals surface area contributed by atoms with E-state index >= 15 is 0 Å². The van der Waals surface area contributed by atoms with E-state index in [9.17, 15) is 4.79 Å². The summed E-state index contributed by atoms with van der Waals surface area (Å²) in [7, 11) is 0. The predicted molar refractivity (Wildman–Crippen MR) is 98.5 cm³/mol. The Balaban J connectivity index is 1.89. The maximum Gasteiger partial charge on any atom is 0.258 e. The lowest BCUT2D eigenvalue weighted by Crippen LogP contribution is -2.31. The second-order valence-corrected chi connectivity index (χ2v) is 6.66. The molecule has 3 heteroatoms. The molecule has 2 aromatic carbocycles. The van der Waals surface area contributed by atoms with Gasteiger partial charge in [0, 0.05) is 0 Å². The van der Waals surface area contributed by atoms with Crippen molar-refractivity contribution in [3.05, 3.63) is 64.7 Å². The monoisotopic (exact) mass is 325 g/mol. The first kappa shape index (κ1) is 18.1. The zero-order valence-corrected chi connectivity index (χ0v) is 15.2. The van der Waals surface area contributed by atoms with Crippen molar-refractivity contribution < 1.29 is 9.53 Å². The zero-order valence-electron chi connectivity index (χ0n) is 15.2. The molecule has 0 aliphatic heterocycles. The van der Waals surface area contributed by atoms with Gasteiger partial charge in [-0.15, -0.1) is 0 Å². The Hall–Kier alpha value is -2.29. The Bertz CT molecular complexity index is 689. The molecule has 0 bridgehead atoms. The van der Waals surface area contributed by atoms with Gasteiger partial charge in [0.05, 0.1) is 6.04 Å². The van der Waals surface area contributed by atoms with Crippen molar-refractivity contribution in [3.8, 4) is 5.75 Å². The summed E-state index contributed by atoms with van der Waals surface area (Å²) in [4.78, 5) is 12.1. The summed E-state index contributed by atoms with van der Waals surface area (Å²) in [5.74, 6) is 1.09. The molecule has 0 saturated heterocycles. The minimum atomic E-state index is -0.114. The van der Waals surface area contributed by atoms with Crippen LogP contribution in [0.15, 0.2) is 42.5 Å². The highest BCUT2D eigenvalue weighted by molar-refractivity contribution is 5.78. The standard InChI is InChI=1S/C21H27NO2/c1-14(2)18-8-10-19(11-9-18)24-13-21(23)22-17(5)20-12-15(3)6-7-16(20)4/h6-12,14,17H,13H2,1-5H3,(H,22,23). The predicted octanol–water partition coefficient (Wildman–Crippen LogP) is 4.68. The number of hydrogen-bond acceptors (Lipinski definition) is 2. The molecule has 0 fully saturated rings. The molecular formula is C21H27NO2. The number of hydrogen-bond donors (Lipinski definition) is 1. The molecule has 2 rings (SSSR count). The van der Waals surface area contributed by atoms with E-state index in [2.05, 4.69) is 51.2 Å². The van der Waals surface area contributed by atoms with E-state index in [0.29, 0.717) is 11.7 Å². The third-order valence-corrected chi connectivity index (χ3v) is 4.20. The van der Waals surface area contributed by atoms with Crippen LogP contribution in [-0.2, 0) is 4.79 Å². The second kappa shape index (κ2) is 8.00. The van der Waals surface area contributed by atoms with Crippen molar-refractivity contribution in [1.82, 2.24) is 5.32 Å². The zero-order chi connectivity index (χ0) is 17.7. The molecule has 0 radical (unpaired) electrons. The molecule has 1 N–H and O–H groups in total. The van der Waals surface area contributed by atoms with Gasteiger partial charge < -0.3 is 10.1 Å². The van der Waals surface area contributed by atoms with Gasteiger partial charge >= 0.3 is 0 Å². The normalized spacial score (nSPS) is 12.1. The van der Waals surface area contributed by atoms with Gasteiger partial charge in [-0.1, -0.05) is 49.7 Å². The van der Waals surface area contributed by atoms with E-state index in [1.165, 1.54) is 16.7 Å². The third kappa shape index (κ3) is 4.85. The van der Waals surface area contributed by atoms with Crippen LogP contribution in [0.25, 0.3) is 0 Å². The number of amides is 1. The van der Waals surface area contributed by atoms with Gasteiger partial charge in [0.25, 0.3) is 5.91 Å². The van der Waals surface area contributed by atoms with Gasteiger partial charge in [-0.25, -0.2) is 0 Å². The largest absolute Gasteiger partial charge is 0.484 e. The van der Waals surface area contributed by atoms with Crippen LogP contribution in [0.5, 0.6) is 5.75 Å². The number of rotatable bonds is 6. The lowest BCUT2D eigenvalue weighted by Gasteiger charge is -2.17. The van der Waals surface area contributed by atoms with Crippen LogP contribution in [-0.4, -0.2) is 12.5 Å². The van der Waals surface area contributed by atoms with E-state index in [1.807, 2.05) is 31.2 Å². The molecule has 3 nitrogen and oxygen atoms in total. The topological polar surface area (TPSA) is 38.3 Å². The van der Waals surface area contributed by atoms with Gasteiger partial charge in [-0.05, 0) is 55.5 Å². The average Bonchev–Trinajstić information content (AvgIpc) is 2.55. The molecule has 2 aromatic rings. The highest BCUT2D eigenvalue weighted by atomic mass is 16.5. The SMILES string of the molecule is Cc1ccc(C)c(C(C)NC(=O)COc2ccc(C(C)C)cc2)c1. The Kier molecular flexibility index (Phi) is 6.02. The van der Waals surface area contributed by atoms with Crippen molar-refractivity contribution in [2.24, 2.45) is 0 Å². The summed E-state index contributed by atoms with van der Waals surface area (Å²) < 4.78 is 5.58. The minimum Gasteiger partial charge on any atom is -0.484 e. The fourth-order valence-corrected chi connectivity index (χ4v) is 2.69. The molecule has 0 heterocycles. The van der Waals surface area contributed by atoms with Crippen LogP contribution in [0.2, 0.25) is 0 Å². The molecule has 1 amide bonds. The molecule has 1 atom stereocenters. The fraction of sp³-hybridized carbons (Fsp3) is 0.381. The first-order valence-corrected chi connectivity index (χ1v) is 8.46. The quantitative estimate of drug-likeness (QED) is 0.837. The first-order valence-electron chi connectivity index (χ1n) is 8.46. The minimum absolute atomic E-state index is 0.0240. The second-order valence-electron chi connectivity index (χ2n) is 6.66. The highest BCUT2D eigenvalue weighted by Crippen LogP contribution is 2.20. The lowest BCUT2D eigenvalue weighted by atomic mass is 10.00. The van der Waals surface area contributed by atoms with Crippen molar-refractivity contribution in [3.63, 3.8) is 0 Å². The smallest absolute Gasteiger partial charge is 0.258 e. The molecule has 24 heavy (non-hydrogen) atoms. The number of carbonyl (C=O) groups excluding carboxylic acids is 1. The van der Waals surface area contributed by atoms with E-state index in [-0.39, 0.29) is 18.6 Å². The van der Waals surface area contributed by atoms with E-state index in [4.69, 9.17) is 4.74 Å². The van der Waals surface area contributed by atoms with Gasteiger partial charge in [-0.3, -0.25) is 4.79 Å². The summed E-state index contributed by atoms with van der Waals surface area (Å²) in [6.07, 6.45) is 0. The number of nitrogens with one attached hydrogen (secondary N) is 1. The summed E-state index contributed by atoms with van der Waals surface area (Å²) in [5, 5.41) is 3.00. The number of benzene rings is 2. The summed E-state index contributed by atoms with van der Waals surface area (Å²) in [6, 6.07) is 14.1. The Morgan fingerprint density at radius 2 is 1.71 bits per heavy atom. The van der Waals surface area contributed by atoms with Gasteiger partial charge in [0.2, 0.25) is 0 Å². The van der Waals surface area contributed by atoms with Crippen molar-refractivity contribution in [1.29, 1.82) is 0 Å². The highest BCUT2D eigenvalue weighted by Gasteiger charge is 2.12. The average molecular weight is 325 g/mol. The van der Waals surface area contributed by atoms with Crippen LogP contribution in [0.3, 0.4) is 0 Å². The van der Waals surface area contributed by atoms with Gasteiger partial charge in [-0.2, -0.15) is 0 Å². The number of aryl methyl sites for hydroxylation is 2. The Labute approximate surface area is 145 Å². The molecule has 0 spiro atoms. The molecule has 0 saturated carbocycles. The van der Waals surface area contributed by atoms with Gasteiger partial charge in [0.15, 0.2) is 6.61 Å². The van der Waals surface area contributed by atoms with Crippen LogP contribution >= 0.6 is 0 Å². The molecular weight excluding hydrogens is 298 g/mol. The van der Waals surface area contributed by atoms with Crippen LogP contribution in [0.4, 0.5) is 0 Å². The van der Waals surface area contributed by atoms with E-state index < -0.39 is 0 Å². The van der Waals surface area contributed by atoms with Gasteiger partial charge in [0.1, 0.15) is 5.75 Å². The molecule has 0 aliphatic rings. The molecule has 128 valence electrons. The summed E-state index contributed by atoms with van der Waals surface area (Å²) >= 11 is 0. The van der Waals surface area contributed by atoms with Crippen LogP contribution in [0.1, 0.15) is 55.0 Å². The van der Waals surface area contributed by atoms with E-state index in [0.717, 1.165) is 5.56 Å². The van der Waals surface area contributed by atoms with Crippen molar-refractivity contribution in [2.75, 3.05) is 6.61 Å². The molecule has 1 unspecified atom stereocenters. The van der Waals surface area contributed by atoms with Crippen LogP contribution in [0, 0.1) is 13.8 Å². The molecule has 0 aromatic heterocycles. The Morgan fingerprint density at radius 1 is 1.04 bits per heavy atom. The maximum atomic E-state index is 12.1. The van der Waals surface area contributed by atoms with Crippen molar-refractivity contribution >= 4 is 5.91 Å². The van der Waals surface area contributed by atoms with Crippen molar-refractivity contribution in [2.45, 2.75) is 46.6 Å². The Morgan fingerprint density at radius 3 is 2.33 bits per heavy atom. The molecule has 0 aliphatic carbocycles. The fourth-order valence-electron chi connectivity index (χ4n) is 2.69. The summed E-state index contributed by atoms with van der Waals surface area (Å²) in [5.41, 5.74) is 4.77. The number of carbonyl (C=O) groups is 1. The van der Waals surface area contributed by atoms with E-state index in [1.54, 1.807) is 0 Å². The first-order chi connectivity index (χ1) is 11.4. The third-order valence-electron chi connectivity index (χ3n) is 4.20. The number of ether oxygens (including phenoxy) is 1. The lowest BCUT2D eigenvalue weighted by molar-refractivity contribution is -0.123. The maximum absolute atomic E-state index is 12.1.